The topological polar surface area (TPSA) is 43.2 Å². The number of aryl methyl sites for hydroxylation is 2. The maximum atomic E-state index is 5.53. The van der Waals surface area contributed by atoms with Gasteiger partial charge in [0.2, 0.25) is 0 Å². The summed E-state index contributed by atoms with van der Waals surface area (Å²) in [5, 5.41) is 8.74. The van der Waals surface area contributed by atoms with Crippen LogP contribution in [0.4, 0.5) is 0 Å². The van der Waals surface area contributed by atoms with E-state index in [1.807, 2.05) is 24.3 Å². The van der Waals surface area contributed by atoms with E-state index >= 15 is 0 Å². The lowest BCUT2D eigenvalue weighted by Crippen LogP contribution is -2.19. The molecule has 1 aliphatic rings. The molecule has 0 fully saturated rings. The number of nitrogens with zero attached hydrogens (tertiary/aromatic N) is 2. The zero-order valence-electron chi connectivity index (χ0n) is 14.2. The van der Waals surface area contributed by atoms with E-state index < -0.39 is 0 Å². The third-order valence-electron chi connectivity index (χ3n) is 3.91. The smallest absolute Gasteiger partial charge is 0.139 e. The molecule has 0 saturated carbocycles. The van der Waals surface area contributed by atoms with Gasteiger partial charge < -0.3 is 9.68 Å². The molecule has 0 aliphatic carbocycles. The average molecular weight is 322 g/mol. The first-order valence-corrected chi connectivity index (χ1v) is 8.28. The average Bonchev–Trinajstić information content (AvgIpc) is 2.61. The van der Waals surface area contributed by atoms with Crippen LogP contribution in [0.3, 0.4) is 0 Å². The quantitative estimate of drug-likeness (QED) is 0.830. The Hall–Kier alpha value is -2.62. The fourth-order valence-electron chi connectivity index (χ4n) is 2.44. The Kier molecular flexibility index (Phi) is 5.26. The summed E-state index contributed by atoms with van der Waals surface area (Å²) >= 11 is 0. The molecule has 0 atom stereocenters. The van der Waals surface area contributed by atoms with Crippen LogP contribution in [0.25, 0.3) is 0 Å². The molecular weight excluding hydrogens is 300 g/mol. The Bertz CT molecular complexity index is 666. The van der Waals surface area contributed by atoms with E-state index in [4.69, 9.17) is 9.68 Å². The van der Waals surface area contributed by atoms with Gasteiger partial charge in [-0.25, -0.2) is 0 Å². The highest BCUT2D eigenvalue weighted by molar-refractivity contribution is 6.53. The molecular formula is C20H22N2O2. The number of rotatable bonds is 2. The van der Waals surface area contributed by atoms with E-state index in [9.17, 15) is 0 Å². The maximum Gasteiger partial charge on any atom is 0.139 e. The van der Waals surface area contributed by atoms with Crippen molar-refractivity contribution in [3.63, 3.8) is 0 Å². The molecule has 2 aromatic carbocycles. The fourth-order valence-corrected chi connectivity index (χ4v) is 2.44. The Balaban J connectivity index is 2.05. The zero-order chi connectivity index (χ0) is 16.8. The molecule has 124 valence electrons. The molecule has 1 aliphatic heterocycles. The largest absolute Gasteiger partial charge is 0.395 e. The first kappa shape index (κ1) is 16.2. The van der Waals surface area contributed by atoms with Gasteiger partial charge >= 0.3 is 0 Å². The van der Waals surface area contributed by atoms with Gasteiger partial charge in [-0.3, -0.25) is 0 Å². The van der Waals surface area contributed by atoms with Gasteiger partial charge in [-0.05, 0) is 26.7 Å². The molecule has 0 aromatic heterocycles. The van der Waals surface area contributed by atoms with Crippen molar-refractivity contribution < 1.29 is 9.68 Å². The van der Waals surface area contributed by atoms with Crippen molar-refractivity contribution >= 4 is 11.4 Å². The number of hydrogen-bond donors (Lipinski definition) is 0. The van der Waals surface area contributed by atoms with Crippen molar-refractivity contribution in [3.05, 3.63) is 70.8 Å². The number of hydrogen-bond acceptors (Lipinski definition) is 4. The molecule has 0 bridgehead atoms. The molecule has 0 amide bonds. The molecule has 4 nitrogen and oxygen atoms in total. The lowest BCUT2D eigenvalue weighted by atomic mass is 9.98. The summed E-state index contributed by atoms with van der Waals surface area (Å²) in [6.45, 7) is 5.29. The number of oxime groups is 2. The second-order valence-corrected chi connectivity index (χ2v) is 5.99. The molecule has 0 spiro atoms. The molecule has 2 aromatic rings. The normalized spacial score (nSPS) is 19.9. The van der Waals surface area contributed by atoms with Gasteiger partial charge in [0.1, 0.15) is 24.6 Å². The molecule has 24 heavy (non-hydrogen) atoms. The Morgan fingerprint density at radius 1 is 0.625 bits per heavy atom. The van der Waals surface area contributed by atoms with Crippen LogP contribution in [0.5, 0.6) is 0 Å². The third-order valence-corrected chi connectivity index (χ3v) is 3.91. The predicted molar refractivity (Wildman–Crippen MR) is 96.6 cm³/mol. The van der Waals surface area contributed by atoms with Crippen LogP contribution < -0.4 is 0 Å². The minimum atomic E-state index is 0.583. The van der Waals surface area contributed by atoms with Crippen LogP contribution in [-0.4, -0.2) is 24.6 Å². The summed E-state index contributed by atoms with van der Waals surface area (Å²) in [7, 11) is 0. The summed E-state index contributed by atoms with van der Waals surface area (Å²) in [6, 6.07) is 16.4. The molecule has 0 saturated heterocycles. The summed E-state index contributed by atoms with van der Waals surface area (Å²) in [5.41, 5.74) is 5.71. The molecule has 1 heterocycles. The first-order valence-electron chi connectivity index (χ1n) is 8.28. The van der Waals surface area contributed by atoms with Crippen LogP contribution in [0.1, 0.15) is 35.1 Å². The summed E-state index contributed by atoms with van der Waals surface area (Å²) < 4.78 is 0. The van der Waals surface area contributed by atoms with Crippen molar-refractivity contribution in [3.8, 4) is 0 Å². The highest BCUT2D eigenvalue weighted by Crippen LogP contribution is 2.14. The van der Waals surface area contributed by atoms with Crippen molar-refractivity contribution in [2.45, 2.75) is 26.7 Å². The Morgan fingerprint density at radius 2 is 1.00 bits per heavy atom. The molecule has 0 radical (unpaired) electrons. The minimum absolute atomic E-state index is 0.583. The standard InChI is InChI=1S/C20H22N2O2/c1-15-5-9-17(10-6-15)19-20(18-11-7-16(2)8-12-18)22-24-14-4-3-13-23-21-19/h5-12H,3-4,13-14H2,1-2H3/b21-19-,22-20-. The van der Waals surface area contributed by atoms with Crippen LogP contribution in [-0.2, 0) is 9.68 Å². The van der Waals surface area contributed by atoms with Crippen molar-refractivity contribution in [1.29, 1.82) is 0 Å². The fraction of sp³-hybridized carbons (Fsp3) is 0.300. The molecule has 0 unspecified atom stereocenters. The van der Waals surface area contributed by atoms with E-state index in [0.717, 1.165) is 24.0 Å². The molecule has 3 rings (SSSR count). The first-order chi connectivity index (χ1) is 11.7. The highest BCUT2D eigenvalue weighted by atomic mass is 16.6. The Labute approximate surface area is 142 Å². The minimum Gasteiger partial charge on any atom is -0.395 e. The van der Waals surface area contributed by atoms with Gasteiger partial charge in [-0.1, -0.05) is 70.0 Å². The summed E-state index contributed by atoms with van der Waals surface area (Å²) in [4.78, 5) is 11.1. The predicted octanol–water partition coefficient (Wildman–Crippen LogP) is 4.24. The van der Waals surface area contributed by atoms with Gasteiger partial charge in [-0.2, -0.15) is 0 Å². The maximum absolute atomic E-state index is 5.53. The van der Waals surface area contributed by atoms with Crippen LogP contribution >= 0.6 is 0 Å². The Morgan fingerprint density at radius 3 is 1.38 bits per heavy atom. The van der Waals surface area contributed by atoms with Crippen molar-refractivity contribution in [2.75, 3.05) is 13.2 Å². The van der Waals surface area contributed by atoms with E-state index in [1.54, 1.807) is 0 Å². The zero-order valence-corrected chi connectivity index (χ0v) is 14.2. The number of benzene rings is 2. The summed E-state index contributed by atoms with van der Waals surface area (Å²) in [6.07, 6.45) is 1.81. The van der Waals surface area contributed by atoms with E-state index in [0.29, 0.717) is 24.6 Å². The van der Waals surface area contributed by atoms with Gasteiger partial charge in [0, 0.05) is 11.1 Å². The lowest BCUT2D eigenvalue weighted by Gasteiger charge is -2.13. The highest BCUT2D eigenvalue weighted by Gasteiger charge is 2.17. The van der Waals surface area contributed by atoms with E-state index in [2.05, 4.69) is 48.4 Å². The van der Waals surface area contributed by atoms with Crippen LogP contribution in [0.2, 0.25) is 0 Å². The van der Waals surface area contributed by atoms with Gasteiger partial charge in [0.05, 0.1) is 0 Å². The lowest BCUT2D eigenvalue weighted by molar-refractivity contribution is 0.108. The van der Waals surface area contributed by atoms with E-state index in [1.165, 1.54) is 11.1 Å². The van der Waals surface area contributed by atoms with Crippen LogP contribution in [0, 0.1) is 13.8 Å². The van der Waals surface area contributed by atoms with Gasteiger partial charge in [-0.15, -0.1) is 0 Å². The van der Waals surface area contributed by atoms with Crippen LogP contribution in [0.15, 0.2) is 58.8 Å². The summed E-state index contributed by atoms with van der Waals surface area (Å²) in [5.74, 6) is 0. The van der Waals surface area contributed by atoms with Gasteiger partial charge in [0.25, 0.3) is 0 Å². The van der Waals surface area contributed by atoms with Crippen molar-refractivity contribution in [1.82, 2.24) is 0 Å². The van der Waals surface area contributed by atoms with Crippen molar-refractivity contribution in [2.24, 2.45) is 10.3 Å². The second-order valence-electron chi connectivity index (χ2n) is 5.99. The molecule has 4 heteroatoms. The van der Waals surface area contributed by atoms with Gasteiger partial charge in [0.15, 0.2) is 0 Å². The SMILES string of the molecule is Cc1ccc(C2=N/OCCCCO/N=C\2c2ccc(C)cc2)cc1. The monoisotopic (exact) mass is 322 g/mol. The second kappa shape index (κ2) is 7.77. The third kappa shape index (κ3) is 4.02. The van der Waals surface area contributed by atoms with E-state index in [-0.39, 0.29) is 0 Å². The molecule has 0 N–H and O–H groups in total.